The molecule has 0 unspecified atom stereocenters. The fourth-order valence-corrected chi connectivity index (χ4v) is 5.54. The van der Waals surface area contributed by atoms with Crippen molar-refractivity contribution >= 4 is 51.9 Å². The molecule has 2 aliphatic rings. The van der Waals surface area contributed by atoms with Gasteiger partial charge in [-0.05, 0) is 54.7 Å². The number of nitro benzene ring substituents is 1. The van der Waals surface area contributed by atoms with Gasteiger partial charge < -0.3 is 20.3 Å². The van der Waals surface area contributed by atoms with E-state index in [9.17, 15) is 29.6 Å². The maximum Gasteiger partial charge on any atom is 0.328 e. The summed E-state index contributed by atoms with van der Waals surface area (Å²) in [5.74, 6) is -0.428. The van der Waals surface area contributed by atoms with Gasteiger partial charge >= 0.3 is 6.03 Å². The molecule has 12 heteroatoms. The van der Waals surface area contributed by atoms with Gasteiger partial charge in [-0.2, -0.15) is 0 Å². The molecule has 228 valence electrons. The van der Waals surface area contributed by atoms with Crippen molar-refractivity contribution in [2.75, 3.05) is 20.1 Å². The summed E-state index contributed by atoms with van der Waals surface area (Å²) in [4.78, 5) is 58.0. The van der Waals surface area contributed by atoms with Gasteiger partial charge in [0.05, 0.1) is 21.9 Å². The number of hydrogen-bond donors (Lipinski definition) is 3. The van der Waals surface area contributed by atoms with Crippen molar-refractivity contribution in [1.29, 1.82) is 0 Å². The first-order chi connectivity index (χ1) is 21.7. The van der Waals surface area contributed by atoms with Gasteiger partial charge in [0.15, 0.2) is 5.88 Å². The summed E-state index contributed by atoms with van der Waals surface area (Å²) < 4.78 is 0. The lowest BCUT2D eigenvalue weighted by Crippen LogP contribution is -2.36. The number of hydrogen-bond acceptors (Lipinski definition) is 7. The quantitative estimate of drug-likeness (QED) is 0.0838. The van der Waals surface area contributed by atoms with Crippen LogP contribution in [0.15, 0.2) is 77.4 Å². The van der Waals surface area contributed by atoms with E-state index in [1.165, 1.54) is 19.2 Å². The van der Waals surface area contributed by atoms with Crippen molar-refractivity contribution in [2.45, 2.75) is 25.7 Å². The topological polar surface area (TPSA) is 161 Å². The zero-order valence-electron chi connectivity index (χ0n) is 24.4. The van der Waals surface area contributed by atoms with Crippen LogP contribution >= 0.6 is 0 Å². The first kappa shape index (κ1) is 29.3. The Morgan fingerprint density at radius 3 is 2.47 bits per heavy atom. The summed E-state index contributed by atoms with van der Waals surface area (Å²) in [5, 5.41) is 25.6. The van der Waals surface area contributed by atoms with E-state index in [-0.39, 0.29) is 23.2 Å². The van der Waals surface area contributed by atoms with Crippen molar-refractivity contribution < 1.29 is 24.4 Å². The maximum atomic E-state index is 12.3. The van der Waals surface area contributed by atoms with Crippen LogP contribution in [0.3, 0.4) is 0 Å². The molecular formula is C33H30N6O6. The number of fused-ring (bicyclic) bond motifs is 1. The van der Waals surface area contributed by atoms with Crippen molar-refractivity contribution in [1.82, 2.24) is 20.1 Å². The number of benzene rings is 3. The van der Waals surface area contributed by atoms with Gasteiger partial charge in [0, 0.05) is 55.2 Å². The molecule has 0 radical (unpaired) electrons. The normalized spacial score (nSPS) is 16.6. The highest BCUT2D eigenvalue weighted by Crippen LogP contribution is 2.34. The third kappa shape index (κ3) is 6.03. The minimum atomic E-state index is -0.498. The molecule has 0 aliphatic carbocycles. The van der Waals surface area contributed by atoms with Gasteiger partial charge in [-0.1, -0.05) is 36.4 Å². The number of urea groups is 1. The molecule has 2 fully saturated rings. The van der Waals surface area contributed by atoms with Crippen LogP contribution in [0.2, 0.25) is 0 Å². The maximum absolute atomic E-state index is 12.3. The zero-order chi connectivity index (χ0) is 31.7. The number of amides is 4. The lowest BCUT2D eigenvalue weighted by Gasteiger charge is -2.26. The highest BCUT2D eigenvalue weighted by atomic mass is 16.6. The van der Waals surface area contributed by atoms with Crippen LogP contribution < -0.4 is 5.32 Å². The molecule has 2 aliphatic heterocycles. The van der Waals surface area contributed by atoms with E-state index in [0.29, 0.717) is 58.4 Å². The lowest BCUT2D eigenvalue weighted by atomic mass is 9.98. The van der Waals surface area contributed by atoms with Crippen LogP contribution in [0.1, 0.15) is 41.5 Å². The molecule has 0 bridgehead atoms. The number of likely N-dealkylation sites (N-methyl/N-ethyl adjacent to an activating group) is 1. The number of non-ortho nitro benzene ring substituents is 1. The van der Waals surface area contributed by atoms with Gasteiger partial charge in [-0.25, -0.2) is 9.79 Å². The van der Waals surface area contributed by atoms with Crippen molar-refractivity contribution in [3.8, 4) is 5.88 Å². The van der Waals surface area contributed by atoms with Gasteiger partial charge in [0.1, 0.15) is 5.70 Å². The lowest BCUT2D eigenvalue weighted by molar-refractivity contribution is -0.384. The average Bonchev–Trinajstić information content (AvgIpc) is 3.49. The van der Waals surface area contributed by atoms with E-state index in [4.69, 9.17) is 4.99 Å². The molecule has 3 aromatic carbocycles. The second-order valence-electron chi connectivity index (χ2n) is 11.0. The summed E-state index contributed by atoms with van der Waals surface area (Å²) in [5.41, 5.74) is 4.15. The van der Waals surface area contributed by atoms with E-state index >= 15 is 0 Å². The van der Waals surface area contributed by atoms with Crippen LogP contribution in [0.25, 0.3) is 17.0 Å². The molecule has 3 heterocycles. The molecule has 0 saturated carbocycles. The smallest absolute Gasteiger partial charge is 0.328 e. The summed E-state index contributed by atoms with van der Waals surface area (Å²) in [6.45, 7) is 1.41. The highest BCUT2D eigenvalue weighted by Gasteiger charge is 2.30. The first-order valence-electron chi connectivity index (χ1n) is 14.5. The minimum Gasteiger partial charge on any atom is -0.494 e. The van der Waals surface area contributed by atoms with Crippen molar-refractivity contribution in [2.24, 2.45) is 4.99 Å². The Morgan fingerprint density at radius 2 is 1.80 bits per heavy atom. The fraction of sp³-hybridized carbons (Fsp3) is 0.212. The number of nitrogens with one attached hydrogen (secondary N) is 2. The van der Waals surface area contributed by atoms with Gasteiger partial charge in [0.2, 0.25) is 5.91 Å². The SMILES string of the molecule is CN1C(=O)N/C(=C\c2ccc(N=C(c3ccc(CCN4CCCCC4=O)cc3)c3c(O)[nH]c4ccc([N+](=O)[O-])cc34)cc2)C1=O. The molecule has 12 nitrogen and oxygen atoms in total. The predicted octanol–water partition coefficient (Wildman–Crippen LogP) is 5.03. The monoisotopic (exact) mass is 606 g/mol. The molecular weight excluding hydrogens is 576 g/mol. The summed E-state index contributed by atoms with van der Waals surface area (Å²) in [6.07, 6.45) is 4.81. The number of imide groups is 1. The number of piperidine rings is 1. The van der Waals surface area contributed by atoms with Gasteiger partial charge in [-0.3, -0.25) is 24.6 Å². The number of carbonyl (C=O) groups is 3. The number of aliphatic imine (C=N–C) groups is 1. The van der Waals surface area contributed by atoms with E-state index in [1.807, 2.05) is 29.2 Å². The Bertz CT molecular complexity index is 1890. The Labute approximate surface area is 257 Å². The first-order valence-corrected chi connectivity index (χ1v) is 14.5. The molecule has 4 aromatic rings. The Hall–Kier alpha value is -5.78. The second kappa shape index (κ2) is 12.1. The van der Waals surface area contributed by atoms with Crippen LogP contribution in [-0.2, 0) is 16.0 Å². The van der Waals surface area contributed by atoms with Crippen molar-refractivity contribution in [3.63, 3.8) is 0 Å². The molecule has 2 saturated heterocycles. The number of nitro groups is 1. The minimum absolute atomic E-state index is 0.124. The molecule has 1 aromatic heterocycles. The number of carbonyl (C=O) groups excluding carboxylic acids is 3. The van der Waals surface area contributed by atoms with Crippen LogP contribution in [0.5, 0.6) is 5.88 Å². The van der Waals surface area contributed by atoms with Gasteiger partial charge in [0.25, 0.3) is 11.6 Å². The highest BCUT2D eigenvalue weighted by molar-refractivity contribution is 6.22. The average molecular weight is 607 g/mol. The summed E-state index contributed by atoms with van der Waals surface area (Å²) in [7, 11) is 1.40. The molecule has 6 rings (SSSR count). The third-order valence-corrected chi connectivity index (χ3v) is 8.06. The van der Waals surface area contributed by atoms with Gasteiger partial charge in [-0.15, -0.1) is 0 Å². The summed E-state index contributed by atoms with van der Waals surface area (Å²) >= 11 is 0. The van der Waals surface area contributed by atoms with E-state index in [0.717, 1.165) is 29.8 Å². The Balaban J connectivity index is 1.36. The van der Waals surface area contributed by atoms with Crippen molar-refractivity contribution in [3.05, 3.63) is 105 Å². The number of rotatable bonds is 8. The van der Waals surface area contributed by atoms with Crippen LogP contribution in [0, 0.1) is 10.1 Å². The predicted molar refractivity (Wildman–Crippen MR) is 168 cm³/mol. The molecule has 3 N–H and O–H groups in total. The molecule has 0 atom stereocenters. The number of aromatic hydroxyl groups is 1. The number of nitrogens with zero attached hydrogens (tertiary/aromatic N) is 4. The zero-order valence-corrected chi connectivity index (χ0v) is 24.4. The third-order valence-electron chi connectivity index (χ3n) is 8.06. The fourth-order valence-electron chi connectivity index (χ4n) is 5.54. The number of aromatic nitrogens is 1. The van der Waals surface area contributed by atoms with E-state index < -0.39 is 16.9 Å². The molecule has 0 spiro atoms. The Morgan fingerprint density at radius 1 is 1.04 bits per heavy atom. The summed E-state index contributed by atoms with van der Waals surface area (Å²) in [6, 6.07) is 18.4. The number of likely N-dealkylation sites (tertiary alicyclic amines) is 1. The van der Waals surface area contributed by atoms with E-state index in [2.05, 4.69) is 10.3 Å². The Kier molecular flexibility index (Phi) is 7.86. The van der Waals surface area contributed by atoms with E-state index in [1.54, 1.807) is 36.4 Å². The molecule has 45 heavy (non-hydrogen) atoms. The molecule has 4 amide bonds. The standard InChI is InChI=1S/C33H30N6O6/c1-37-32(42)27(36-33(37)43)18-21-7-11-23(12-8-21)34-30(29-25-19-24(39(44)45)13-14-26(25)35-31(29)41)22-9-5-20(6-10-22)15-17-38-16-3-2-4-28(38)40/h5-14,18-19,35,41H,2-4,15-17H2,1H3,(H,36,43)/b27-18-,34-30?. The largest absolute Gasteiger partial charge is 0.494 e. The second-order valence-corrected chi connectivity index (χ2v) is 11.0. The number of H-pyrrole nitrogens is 1. The van der Waals surface area contributed by atoms with Crippen LogP contribution in [-0.4, -0.2) is 68.5 Å². The number of aromatic amines is 1. The van der Waals surface area contributed by atoms with Crippen LogP contribution in [0.4, 0.5) is 16.2 Å².